The number of ether oxygens (including phenoxy) is 2. The molecule has 0 N–H and O–H groups in total. The summed E-state index contributed by atoms with van der Waals surface area (Å²) in [5.41, 5.74) is -0.632. The zero-order valence-electron chi connectivity index (χ0n) is 9.70. The van der Waals surface area contributed by atoms with Crippen LogP contribution >= 0.6 is 0 Å². The average molecular weight is 222 g/mol. The molecule has 3 aliphatic rings. The fraction of sp³-hybridized carbons (Fsp3) is 0.769. The lowest BCUT2D eigenvalue weighted by Gasteiger charge is -2.47. The molecule has 1 spiro atoms. The second kappa shape index (κ2) is 3.25. The normalized spacial score (nSPS) is 44.7. The van der Waals surface area contributed by atoms with Crippen molar-refractivity contribution in [3.8, 4) is 0 Å². The van der Waals surface area contributed by atoms with Crippen molar-refractivity contribution in [3.05, 3.63) is 12.3 Å². The molecule has 1 heterocycles. The molecule has 2 fully saturated rings. The van der Waals surface area contributed by atoms with Gasteiger partial charge in [-0.2, -0.15) is 0 Å². The maximum absolute atomic E-state index is 12.2. The van der Waals surface area contributed by atoms with Crippen LogP contribution in [0.4, 0.5) is 0 Å². The number of carbonyl (C=O) groups is 1. The monoisotopic (exact) mass is 222 g/mol. The predicted molar refractivity (Wildman–Crippen MR) is 58.6 cm³/mol. The Hall–Kier alpha value is -0.990. The standard InChI is InChI=1S/C13H18O3/c1-15-11(14)12-6-2-4-10-5-9-16-13(10,12)8-3-7-12/h5,9-10H,2-4,6-8H2,1H3/t10-,12-,13+/m1/s1. The van der Waals surface area contributed by atoms with Crippen LogP contribution in [0.3, 0.4) is 0 Å². The van der Waals surface area contributed by atoms with Crippen LogP contribution in [-0.4, -0.2) is 18.7 Å². The van der Waals surface area contributed by atoms with Gasteiger partial charge in [-0.3, -0.25) is 4.79 Å². The molecule has 0 unspecified atom stereocenters. The molecule has 3 nitrogen and oxygen atoms in total. The Labute approximate surface area is 95.8 Å². The molecular formula is C13H18O3. The number of hydrogen-bond donors (Lipinski definition) is 0. The third-order valence-corrected chi connectivity index (χ3v) is 4.84. The number of carbonyl (C=O) groups excluding carboxylic acids is 1. The van der Waals surface area contributed by atoms with Gasteiger partial charge in [0.2, 0.25) is 0 Å². The Bertz CT molecular complexity index is 349. The number of hydrogen-bond acceptors (Lipinski definition) is 3. The van der Waals surface area contributed by atoms with Crippen LogP contribution in [-0.2, 0) is 14.3 Å². The van der Waals surface area contributed by atoms with Crippen LogP contribution in [0.5, 0.6) is 0 Å². The Morgan fingerprint density at radius 2 is 2.19 bits per heavy atom. The topological polar surface area (TPSA) is 35.5 Å². The van der Waals surface area contributed by atoms with Crippen LogP contribution in [0.2, 0.25) is 0 Å². The van der Waals surface area contributed by atoms with Crippen molar-refractivity contribution in [1.29, 1.82) is 0 Å². The van der Waals surface area contributed by atoms with E-state index in [1.165, 1.54) is 7.11 Å². The van der Waals surface area contributed by atoms with E-state index in [-0.39, 0.29) is 17.0 Å². The third kappa shape index (κ3) is 0.969. The van der Waals surface area contributed by atoms with Crippen LogP contribution in [0.25, 0.3) is 0 Å². The van der Waals surface area contributed by atoms with Gasteiger partial charge in [0.1, 0.15) is 11.0 Å². The van der Waals surface area contributed by atoms with Gasteiger partial charge < -0.3 is 9.47 Å². The minimum absolute atomic E-state index is 0.0570. The molecule has 3 heteroatoms. The number of methoxy groups -OCH3 is 1. The summed E-state index contributed by atoms with van der Waals surface area (Å²) < 4.78 is 11.0. The van der Waals surface area contributed by atoms with E-state index in [2.05, 4.69) is 6.08 Å². The molecule has 0 amide bonds. The number of rotatable bonds is 1. The largest absolute Gasteiger partial charge is 0.493 e. The average Bonchev–Trinajstić information content (AvgIpc) is 2.88. The highest BCUT2D eigenvalue weighted by Crippen LogP contribution is 2.62. The molecule has 0 aromatic rings. The highest BCUT2D eigenvalue weighted by molar-refractivity contribution is 5.79. The SMILES string of the molecule is COC(=O)[C@]12CCC[C@@H]3C=CO[C@@]31CCC2. The second-order valence-electron chi connectivity index (χ2n) is 5.26. The lowest BCUT2D eigenvalue weighted by molar-refractivity contribution is -0.178. The maximum atomic E-state index is 12.2. The Morgan fingerprint density at radius 3 is 3.00 bits per heavy atom. The fourth-order valence-electron chi connectivity index (χ4n) is 4.18. The molecule has 0 aromatic heterocycles. The summed E-state index contributed by atoms with van der Waals surface area (Å²) in [5.74, 6) is 0.362. The van der Waals surface area contributed by atoms with Crippen molar-refractivity contribution in [2.24, 2.45) is 11.3 Å². The van der Waals surface area contributed by atoms with Gasteiger partial charge in [-0.1, -0.05) is 6.42 Å². The summed E-state index contributed by atoms with van der Waals surface area (Å²) in [6.45, 7) is 0. The molecule has 16 heavy (non-hydrogen) atoms. The molecule has 0 saturated heterocycles. The first kappa shape index (κ1) is 10.2. The van der Waals surface area contributed by atoms with Crippen molar-refractivity contribution < 1.29 is 14.3 Å². The van der Waals surface area contributed by atoms with Gasteiger partial charge in [0.15, 0.2) is 0 Å². The van der Waals surface area contributed by atoms with Crippen LogP contribution in [0.1, 0.15) is 38.5 Å². The van der Waals surface area contributed by atoms with Crippen LogP contribution in [0, 0.1) is 11.3 Å². The van der Waals surface area contributed by atoms with Crippen LogP contribution < -0.4 is 0 Å². The highest BCUT2D eigenvalue weighted by atomic mass is 16.5. The molecule has 3 atom stereocenters. The van der Waals surface area contributed by atoms with Crippen LogP contribution in [0.15, 0.2) is 12.3 Å². The van der Waals surface area contributed by atoms with Gasteiger partial charge in [-0.05, 0) is 38.2 Å². The summed E-state index contributed by atoms with van der Waals surface area (Å²) in [4.78, 5) is 12.2. The lowest BCUT2D eigenvalue weighted by atomic mass is 9.60. The van der Waals surface area contributed by atoms with Gasteiger partial charge in [0.25, 0.3) is 0 Å². The minimum atomic E-state index is -0.367. The van der Waals surface area contributed by atoms with Crippen molar-refractivity contribution in [3.63, 3.8) is 0 Å². The first-order valence-corrected chi connectivity index (χ1v) is 6.18. The molecule has 2 aliphatic carbocycles. The zero-order valence-corrected chi connectivity index (χ0v) is 9.70. The van der Waals surface area contributed by atoms with Gasteiger partial charge in [0.05, 0.1) is 13.4 Å². The van der Waals surface area contributed by atoms with E-state index in [0.29, 0.717) is 5.92 Å². The molecule has 1 aliphatic heterocycles. The zero-order chi connectivity index (χ0) is 11.2. The Morgan fingerprint density at radius 1 is 1.38 bits per heavy atom. The second-order valence-corrected chi connectivity index (χ2v) is 5.26. The van der Waals surface area contributed by atoms with E-state index in [9.17, 15) is 4.79 Å². The summed E-state index contributed by atoms with van der Waals surface area (Å²) >= 11 is 0. The van der Waals surface area contributed by atoms with E-state index in [1.54, 1.807) is 6.26 Å². The first-order chi connectivity index (χ1) is 7.75. The van der Waals surface area contributed by atoms with Crippen molar-refractivity contribution in [1.82, 2.24) is 0 Å². The van der Waals surface area contributed by atoms with Gasteiger partial charge >= 0.3 is 5.97 Å². The number of esters is 1. The molecule has 0 radical (unpaired) electrons. The van der Waals surface area contributed by atoms with E-state index in [4.69, 9.17) is 9.47 Å². The van der Waals surface area contributed by atoms with E-state index < -0.39 is 0 Å². The smallest absolute Gasteiger partial charge is 0.315 e. The van der Waals surface area contributed by atoms with Gasteiger partial charge in [0, 0.05) is 5.92 Å². The predicted octanol–water partition coefficient (Wildman–Crippen LogP) is 2.41. The highest BCUT2D eigenvalue weighted by Gasteiger charge is 2.67. The quantitative estimate of drug-likeness (QED) is 0.639. The summed E-state index contributed by atoms with van der Waals surface area (Å²) in [6, 6.07) is 0. The third-order valence-electron chi connectivity index (χ3n) is 4.84. The van der Waals surface area contributed by atoms with Crippen molar-refractivity contribution >= 4 is 5.97 Å². The molecule has 88 valence electrons. The Kier molecular flexibility index (Phi) is 2.07. The molecule has 3 rings (SSSR count). The summed E-state index contributed by atoms with van der Waals surface area (Å²) in [7, 11) is 1.50. The summed E-state index contributed by atoms with van der Waals surface area (Å²) in [5, 5.41) is 0. The maximum Gasteiger partial charge on any atom is 0.315 e. The molecule has 0 bridgehead atoms. The Balaban J connectivity index is 2.05. The van der Waals surface area contributed by atoms with Gasteiger partial charge in [-0.15, -0.1) is 0 Å². The minimum Gasteiger partial charge on any atom is -0.493 e. The molecular weight excluding hydrogens is 204 g/mol. The first-order valence-electron chi connectivity index (χ1n) is 6.18. The van der Waals surface area contributed by atoms with Crippen molar-refractivity contribution in [2.75, 3.05) is 7.11 Å². The molecule has 2 saturated carbocycles. The fourth-order valence-corrected chi connectivity index (χ4v) is 4.18. The van der Waals surface area contributed by atoms with E-state index in [1.807, 2.05) is 0 Å². The van der Waals surface area contributed by atoms with E-state index >= 15 is 0 Å². The summed E-state index contributed by atoms with van der Waals surface area (Å²) in [6.07, 6.45) is 10.1. The van der Waals surface area contributed by atoms with Crippen molar-refractivity contribution in [2.45, 2.75) is 44.1 Å². The van der Waals surface area contributed by atoms with E-state index in [0.717, 1.165) is 38.5 Å². The molecule has 0 aromatic carbocycles. The lowest BCUT2D eigenvalue weighted by Crippen LogP contribution is -2.55. The van der Waals surface area contributed by atoms with Gasteiger partial charge in [-0.25, -0.2) is 0 Å².